The van der Waals surface area contributed by atoms with Crippen molar-refractivity contribution in [1.29, 1.82) is 0 Å². The molecule has 6 aromatic rings. The zero-order valence-electron chi connectivity index (χ0n) is 26.0. The van der Waals surface area contributed by atoms with Crippen LogP contribution in [0.15, 0.2) is 103 Å². The third-order valence-corrected chi connectivity index (χ3v) is 7.13. The Labute approximate surface area is 220 Å². The topological polar surface area (TPSA) is 12.9 Å². The summed E-state index contributed by atoms with van der Waals surface area (Å²) in [4.78, 5) is 4.85. The van der Waals surface area contributed by atoms with Gasteiger partial charge in [0.1, 0.15) is 0 Å². The van der Waals surface area contributed by atoms with Gasteiger partial charge < -0.3 is 0 Å². The van der Waals surface area contributed by atoms with E-state index in [1.54, 1.807) is 0 Å². The smallest absolute Gasteiger partial charge is 0.0780 e. The first-order valence-electron chi connectivity index (χ1n) is 15.0. The standard InChI is InChI=1S/C35H31N/c1-22(2)27-19-28(23(3)4)21-29(20-27)35-34-15-14-31-30-12-10-25(24-8-6-5-7-9-24)18-26(30)11-13-32(31)33(34)16-17-36-35/h5-23H,1-4H3/i5D,6D,7D,8D,9D. The SMILES string of the molecule is [2H]c1c([2H])c([2H])c(-c2ccc3c(ccc4c5ccnc(-c6cc(C(C)C)cc(C(C)C)c6)c5ccc34)c2)c([2H])c1[2H]. The minimum atomic E-state index is -0.382. The zero-order chi connectivity index (χ0) is 29.2. The van der Waals surface area contributed by atoms with Crippen LogP contribution in [0.25, 0.3) is 54.7 Å². The van der Waals surface area contributed by atoms with E-state index in [2.05, 4.69) is 70.2 Å². The van der Waals surface area contributed by atoms with Crippen LogP contribution in [0.3, 0.4) is 0 Å². The van der Waals surface area contributed by atoms with E-state index in [0.29, 0.717) is 17.4 Å². The predicted octanol–water partition coefficient (Wildman–Crippen LogP) is 10.1. The molecule has 0 radical (unpaired) electrons. The number of pyridine rings is 1. The van der Waals surface area contributed by atoms with Crippen LogP contribution in [0.1, 0.15) is 57.5 Å². The number of rotatable bonds is 4. The highest BCUT2D eigenvalue weighted by molar-refractivity contribution is 6.19. The fourth-order valence-electron chi connectivity index (χ4n) is 5.07. The number of aromatic nitrogens is 1. The summed E-state index contributed by atoms with van der Waals surface area (Å²) in [5.74, 6) is 0.837. The van der Waals surface area contributed by atoms with Crippen LogP contribution in [0.4, 0.5) is 0 Å². The molecule has 0 amide bonds. The van der Waals surface area contributed by atoms with E-state index in [4.69, 9.17) is 11.8 Å². The third-order valence-electron chi connectivity index (χ3n) is 7.13. The van der Waals surface area contributed by atoms with Crippen LogP contribution in [0.5, 0.6) is 0 Å². The van der Waals surface area contributed by atoms with E-state index >= 15 is 0 Å². The van der Waals surface area contributed by atoms with Crippen molar-refractivity contribution in [3.8, 4) is 22.4 Å². The molecule has 6 rings (SSSR count). The molecule has 0 aliphatic rings. The second kappa shape index (κ2) is 8.91. The van der Waals surface area contributed by atoms with Crippen LogP contribution in [-0.4, -0.2) is 4.98 Å². The van der Waals surface area contributed by atoms with Crippen molar-refractivity contribution in [3.63, 3.8) is 0 Å². The fourth-order valence-corrected chi connectivity index (χ4v) is 5.07. The van der Waals surface area contributed by atoms with Gasteiger partial charge in [0.15, 0.2) is 0 Å². The molecule has 5 aromatic carbocycles. The molecule has 0 saturated heterocycles. The quantitative estimate of drug-likeness (QED) is 0.234. The van der Waals surface area contributed by atoms with E-state index < -0.39 is 0 Å². The molecule has 0 aliphatic heterocycles. The molecule has 0 spiro atoms. The molecule has 0 N–H and O–H groups in total. The Hall–Kier alpha value is -3.97. The van der Waals surface area contributed by atoms with Crippen molar-refractivity contribution < 1.29 is 6.85 Å². The Morgan fingerprint density at radius 2 is 1.17 bits per heavy atom. The second-order valence-electron chi connectivity index (χ2n) is 10.1. The lowest BCUT2D eigenvalue weighted by Crippen LogP contribution is -1.96. The van der Waals surface area contributed by atoms with Gasteiger partial charge in [-0.25, -0.2) is 0 Å². The van der Waals surface area contributed by atoms with Crippen LogP contribution in [-0.2, 0) is 0 Å². The summed E-state index contributed by atoms with van der Waals surface area (Å²) >= 11 is 0. The van der Waals surface area contributed by atoms with Gasteiger partial charge >= 0.3 is 0 Å². The maximum absolute atomic E-state index is 8.39. The van der Waals surface area contributed by atoms with Gasteiger partial charge in [0.2, 0.25) is 0 Å². The Morgan fingerprint density at radius 1 is 0.556 bits per heavy atom. The highest BCUT2D eigenvalue weighted by atomic mass is 14.7. The fraction of sp³-hybridized carbons (Fsp3) is 0.171. The zero-order valence-corrected chi connectivity index (χ0v) is 21.0. The molecular weight excluding hydrogens is 434 g/mol. The first kappa shape index (κ1) is 17.5. The highest BCUT2D eigenvalue weighted by Crippen LogP contribution is 2.37. The molecule has 0 saturated carbocycles. The summed E-state index contributed by atoms with van der Waals surface area (Å²) in [5, 5.41) is 6.44. The van der Waals surface area contributed by atoms with Gasteiger partial charge in [-0.1, -0.05) is 100 Å². The van der Waals surface area contributed by atoms with Crippen molar-refractivity contribution in [2.24, 2.45) is 0 Å². The average Bonchev–Trinajstić information content (AvgIpc) is 2.98. The number of nitrogens with zero attached hydrogens (tertiary/aromatic N) is 1. The number of hydrogen-bond donors (Lipinski definition) is 0. The van der Waals surface area contributed by atoms with Crippen LogP contribution < -0.4 is 0 Å². The van der Waals surface area contributed by atoms with Crippen molar-refractivity contribution in [1.82, 2.24) is 4.98 Å². The first-order chi connectivity index (χ1) is 19.6. The van der Waals surface area contributed by atoms with Crippen molar-refractivity contribution in [2.75, 3.05) is 0 Å². The summed E-state index contributed by atoms with van der Waals surface area (Å²) in [5.41, 5.74) is 5.56. The molecule has 1 heteroatoms. The molecule has 36 heavy (non-hydrogen) atoms. The van der Waals surface area contributed by atoms with Gasteiger partial charge in [-0.2, -0.15) is 0 Å². The normalized spacial score (nSPS) is 13.8. The second-order valence-corrected chi connectivity index (χ2v) is 10.1. The molecule has 1 heterocycles. The van der Waals surface area contributed by atoms with Crippen LogP contribution >= 0.6 is 0 Å². The maximum atomic E-state index is 8.39. The molecule has 0 atom stereocenters. The maximum Gasteiger partial charge on any atom is 0.0780 e. The van der Waals surface area contributed by atoms with E-state index in [-0.39, 0.29) is 35.8 Å². The van der Waals surface area contributed by atoms with E-state index in [1.165, 1.54) is 11.1 Å². The molecule has 0 aliphatic carbocycles. The Morgan fingerprint density at radius 3 is 1.89 bits per heavy atom. The summed E-state index contributed by atoms with van der Waals surface area (Å²) in [6.45, 7) is 8.90. The lowest BCUT2D eigenvalue weighted by Gasteiger charge is -2.16. The van der Waals surface area contributed by atoms with Gasteiger partial charge in [0, 0.05) is 17.1 Å². The minimum absolute atomic E-state index is 0.190. The Kier molecular flexibility index (Phi) is 4.32. The molecule has 176 valence electrons. The third kappa shape index (κ3) is 3.85. The molecular formula is C35H31N. The molecule has 1 nitrogen and oxygen atoms in total. The summed E-state index contributed by atoms with van der Waals surface area (Å²) in [6, 6.07) is 21.7. The van der Waals surface area contributed by atoms with Gasteiger partial charge in [0.25, 0.3) is 0 Å². The summed E-state index contributed by atoms with van der Waals surface area (Å²) in [7, 11) is 0. The summed E-state index contributed by atoms with van der Waals surface area (Å²) < 4.78 is 40.8. The van der Waals surface area contributed by atoms with E-state index in [1.807, 2.05) is 30.5 Å². The van der Waals surface area contributed by atoms with Crippen molar-refractivity contribution in [2.45, 2.75) is 39.5 Å². The van der Waals surface area contributed by atoms with Gasteiger partial charge in [-0.15, -0.1) is 0 Å². The van der Waals surface area contributed by atoms with Crippen molar-refractivity contribution in [3.05, 3.63) is 114 Å². The molecule has 0 bridgehead atoms. The number of fused-ring (bicyclic) bond motifs is 5. The molecule has 0 fully saturated rings. The monoisotopic (exact) mass is 470 g/mol. The summed E-state index contributed by atoms with van der Waals surface area (Å²) in [6.07, 6.45) is 1.89. The van der Waals surface area contributed by atoms with Gasteiger partial charge in [-0.3, -0.25) is 4.98 Å². The molecule has 1 aromatic heterocycles. The largest absolute Gasteiger partial charge is 0.256 e. The lowest BCUT2D eigenvalue weighted by molar-refractivity contribution is 0.834. The Balaban J connectivity index is 1.54. The lowest BCUT2D eigenvalue weighted by atomic mass is 9.90. The van der Waals surface area contributed by atoms with E-state index in [0.717, 1.165) is 43.6 Å². The van der Waals surface area contributed by atoms with Crippen LogP contribution in [0, 0.1) is 0 Å². The molecule has 0 unspecified atom stereocenters. The van der Waals surface area contributed by atoms with Gasteiger partial charge in [-0.05, 0) is 85.3 Å². The Bertz CT molecular complexity index is 1950. The van der Waals surface area contributed by atoms with E-state index in [9.17, 15) is 0 Å². The predicted molar refractivity (Wildman–Crippen MR) is 156 cm³/mol. The highest BCUT2D eigenvalue weighted by Gasteiger charge is 2.14. The average molecular weight is 471 g/mol. The minimum Gasteiger partial charge on any atom is -0.256 e. The first-order valence-corrected chi connectivity index (χ1v) is 12.5. The number of benzene rings is 5. The van der Waals surface area contributed by atoms with Gasteiger partial charge in [0.05, 0.1) is 12.5 Å². The van der Waals surface area contributed by atoms with Crippen LogP contribution in [0.2, 0.25) is 0 Å². The number of hydrogen-bond acceptors (Lipinski definition) is 1. The van der Waals surface area contributed by atoms with Crippen molar-refractivity contribution >= 4 is 32.3 Å².